The van der Waals surface area contributed by atoms with E-state index >= 15 is 0 Å². The summed E-state index contributed by atoms with van der Waals surface area (Å²) in [5.74, 6) is 1.80. The van der Waals surface area contributed by atoms with Crippen LogP contribution in [0, 0.1) is 11.3 Å². The van der Waals surface area contributed by atoms with E-state index in [1.807, 2.05) is 20.8 Å². The molecule has 1 saturated heterocycles. The van der Waals surface area contributed by atoms with Gasteiger partial charge in [0.15, 0.2) is 0 Å². The molecule has 2 heterocycles. The van der Waals surface area contributed by atoms with Crippen LogP contribution in [0.15, 0.2) is 12.3 Å². The van der Waals surface area contributed by atoms with Gasteiger partial charge in [-0.25, -0.2) is 4.98 Å². The van der Waals surface area contributed by atoms with Gasteiger partial charge in [0.1, 0.15) is 0 Å². The van der Waals surface area contributed by atoms with E-state index in [0.717, 1.165) is 25.9 Å². The number of ether oxygens (including phenoxy) is 1. The minimum absolute atomic E-state index is 0.0993. The summed E-state index contributed by atoms with van der Waals surface area (Å²) in [7, 11) is 1.60. The maximum Gasteiger partial charge on any atom is 0.228 e. The molecule has 0 radical (unpaired) electrons. The van der Waals surface area contributed by atoms with Crippen LogP contribution < -0.4 is 15.0 Å². The van der Waals surface area contributed by atoms with Crippen molar-refractivity contribution in [1.29, 1.82) is 0 Å². The minimum Gasteiger partial charge on any atom is -0.481 e. The quantitative estimate of drug-likeness (QED) is 0.919. The van der Waals surface area contributed by atoms with Crippen LogP contribution >= 0.6 is 0 Å². The molecule has 1 amide bonds. The number of hydrogen-bond acceptors (Lipinski definition) is 5. The Bertz CT molecular complexity index is 513. The van der Waals surface area contributed by atoms with Crippen molar-refractivity contribution in [3.8, 4) is 5.88 Å². The number of hydrogen-bond donors (Lipinski definition) is 1. The minimum atomic E-state index is -0.343. The highest BCUT2D eigenvalue weighted by molar-refractivity contribution is 5.81. The van der Waals surface area contributed by atoms with Crippen LogP contribution in [0.3, 0.4) is 0 Å². The Hall–Kier alpha value is -1.85. The van der Waals surface area contributed by atoms with Crippen molar-refractivity contribution >= 4 is 11.9 Å². The van der Waals surface area contributed by atoms with Gasteiger partial charge in [0.25, 0.3) is 0 Å². The third-order valence-electron chi connectivity index (χ3n) is 3.86. The molecule has 6 heteroatoms. The molecule has 2 rings (SSSR count). The fraction of sp³-hybridized carbons (Fsp3) is 0.688. The SMILES string of the molecule is COc1ccnc(N2CCCC(CNC(=O)C(C)(C)C)C2)n1. The topological polar surface area (TPSA) is 67.3 Å². The molecule has 0 spiro atoms. The summed E-state index contributed by atoms with van der Waals surface area (Å²) in [6, 6.07) is 1.74. The Kier molecular flexibility index (Phi) is 5.21. The average Bonchev–Trinajstić information content (AvgIpc) is 2.52. The van der Waals surface area contributed by atoms with Gasteiger partial charge < -0.3 is 15.0 Å². The van der Waals surface area contributed by atoms with Crippen LogP contribution in [0.1, 0.15) is 33.6 Å². The number of carbonyl (C=O) groups is 1. The summed E-state index contributed by atoms with van der Waals surface area (Å²) in [6.45, 7) is 8.30. The Balaban J connectivity index is 1.93. The fourth-order valence-electron chi connectivity index (χ4n) is 2.51. The lowest BCUT2D eigenvalue weighted by molar-refractivity contribution is -0.128. The molecule has 1 N–H and O–H groups in total. The maximum atomic E-state index is 12.0. The molecule has 122 valence electrons. The predicted molar refractivity (Wildman–Crippen MR) is 86.0 cm³/mol. The second-order valence-corrected chi connectivity index (χ2v) is 6.81. The number of anilines is 1. The molecule has 1 aromatic rings. The maximum absolute atomic E-state index is 12.0. The number of methoxy groups -OCH3 is 1. The Morgan fingerprint density at radius 2 is 2.27 bits per heavy atom. The third kappa shape index (κ3) is 4.32. The molecule has 0 saturated carbocycles. The van der Waals surface area contributed by atoms with Gasteiger partial charge in [-0.1, -0.05) is 20.8 Å². The zero-order chi connectivity index (χ0) is 16.2. The lowest BCUT2D eigenvalue weighted by atomic mass is 9.94. The Labute approximate surface area is 132 Å². The van der Waals surface area contributed by atoms with E-state index in [4.69, 9.17) is 4.74 Å². The van der Waals surface area contributed by atoms with Crippen molar-refractivity contribution in [1.82, 2.24) is 15.3 Å². The van der Waals surface area contributed by atoms with E-state index in [9.17, 15) is 4.79 Å². The lowest BCUT2D eigenvalue weighted by Crippen LogP contribution is -2.44. The van der Waals surface area contributed by atoms with Crippen molar-refractivity contribution in [2.24, 2.45) is 11.3 Å². The molecule has 1 unspecified atom stereocenters. The second kappa shape index (κ2) is 6.94. The van der Waals surface area contributed by atoms with Gasteiger partial charge >= 0.3 is 0 Å². The smallest absolute Gasteiger partial charge is 0.228 e. The van der Waals surface area contributed by atoms with Crippen LogP contribution in [-0.4, -0.2) is 42.6 Å². The van der Waals surface area contributed by atoms with Crippen molar-refractivity contribution < 1.29 is 9.53 Å². The van der Waals surface area contributed by atoms with Gasteiger partial charge in [0, 0.05) is 37.3 Å². The monoisotopic (exact) mass is 306 g/mol. The molecule has 0 bridgehead atoms. The highest BCUT2D eigenvalue weighted by Crippen LogP contribution is 2.21. The van der Waals surface area contributed by atoms with Crippen molar-refractivity contribution in [3.05, 3.63) is 12.3 Å². The number of nitrogens with one attached hydrogen (secondary N) is 1. The molecule has 1 fully saturated rings. The van der Waals surface area contributed by atoms with E-state index in [1.165, 1.54) is 0 Å². The normalized spacial score (nSPS) is 18.9. The third-order valence-corrected chi connectivity index (χ3v) is 3.86. The number of nitrogens with zero attached hydrogens (tertiary/aromatic N) is 3. The second-order valence-electron chi connectivity index (χ2n) is 6.81. The Morgan fingerprint density at radius 3 is 2.95 bits per heavy atom. The van der Waals surface area contributed by atoms with Gasteiger partial charge in [0.2, 0.25) is 17.7 Å². The summed E-state index contributed by atoms with van der Waals surface area (Å²) in [5.41, 5.74) is -0.343. The summed E-state index contributed by atoms with van der Waals surface area (Å²) in [4.78, 5) is 22.9. The molecule has 1 atom stereocenters. The highest BCUT2D eigenvalue weighted by Gasteiger charge is 2.25. The largest absolute Gasteiger partial charge is 0.481 e. The molecule has 1 aliphatic heterocycles. The first-order valence-corrected chi connectivity index (χ1v) is 7.80. The zero-order valence-electron chi connectivity index (χ0n) is 13.9. The van der Waals surface area contributed by atoms with Crippen molar-refractivity contribution in [3.63, 3.8) is 0 Å². The van der Waals surface area contributed by atoms with E-state index in [1.54, 1.807) is 19.4 Å². The molecule has 22 heavy (non-hydrogen) atoms. The highest BCUT2D eigenvalue weighted by atomic mass is 16.5. The van der Waals surface area contributed by atoms with Gasteiger partial charge in [-0.05, 0) is 18.8 Å². The van der Waals surface area contributed by atoms with Crippen LogP contribution in [0.4, 0.5) is 5.95 Å². The average molecular weight is 306 g/mol. The van der Waals surface area contributed by atoms with E-state index < -0.39 is 0 Å². The summed E-state index contributed by atoms with van der Waals surface area (Å²) >= 11 is 0. The molecule has 0 aromatic carbocycles. The lowest BCUT2D eigenvalue weighted by Gasteiger charge is -2.33. The van der Waals surface area contributed by atoms with Crippen LogP contribution in [0.2, 0.25) is 0 Å². The van der Waals surface area contributed by atoms with Gasteiger partial charge in [0.05, 0.1) is 7.11 Å². The van der Waals surface area contributed by atoms with E-state index in [0.29, 0.717) is 24.3 Å². The molecule has 0 aliphatic carbocycles. The molecule has 1 aromatic heterocycles. The predicted octanol–water partition coefficient (Wildman–Crippen LogP) is 1.86. The first kappa shape index (κ1) is 16.5. The number of amides is 1. The number of carbonyl (C=O) groups excluding carboxylic acids is 1. The van der Waals surface area contributed by atoms with Crippen molar-refractivity contribution in [2.75, 3.05) is 31.6 Å². The molecule has 1 aliphatic rings. The van der Waals surface area contributed by atoms with Crippen molar-refractivity contribution in [2.45, 2.75) is 33.6 Å². The molecular formula is C16H26N4O2. The van der Waals surface area contributed by atoms with Gasteiger partial charge in [-0.15, -0.1) is 0 Å². The van der Waals surface area contributed by atoms with Gasteiger partial charge in [-0.3, -0.25) is 4.79 Å². The summed E-state index contributed by atoms with van der Waals surface area (Å²) < 4.78 is 5.15. The van der Waals surface area contributed by atoms with Crippen LogP contribution in [0.25, 0.3) is 0 Å². The number of aromatic nitrogens is 2. The van der Waals surface area contributed by atoms with Crippen LogP contribution in [-0.2, 0) is 4.79 Å². The van der Waals surface area contributed by atoms with Crippen LogP contribution in [0.5, 0.6) is 5.88 Å². The standard InChI is InChI=1S/C16H26N4O2/c1-16(2,3)14(21)18-10-12-6-5-9-20(11-12)15-17-8-7-13(19-15)22-4/h7-8,12H,5-6,9-11H2,1-4H3,(H,18,21). The van der Waals surface area contributed by atoms with E-state index in [-0.39, 0.29) is 11.3 Å². The molecular weight excluding hydrogens is 280 g/mol. The Morgan fingerprint density at radius 1 is 1.50 bits per heavy atom. The first-order valence-electron chi connectivity index (χ1n) is 7.80. The number of piperidine rings is 1. The summed E-state index contributed by atoms with van der Waals surface area (Å²) in [6.07, 6.45) is 3.91. The number of rotatable bonds is 4. The summed E-state index contributed by atoms with van der Waals surface area (Å²) in [5, 5.41) is 3.06. The fourth-order valence-corrected chi connectivity index (χ4v) is 2.51. The van der Waals surface area contributed by atoms with Gasteiger partial charge in [-0.2, -0.15) is 4.98 Å². The first-order chi connectivity index (χ1) is 10.4. The molecule has 6 nitrogen and oxygen atoms in total. The zero-order valence-corrected chi connectivity index (χ0v) is 13.9. The van der Waals surface area contributed by atoms with E-state index in [2.05, 4.69) is 20.2 Å².